The lowest BCUT2D eigenvalue weighted by molar-refractivity contribution is -0.384. The van der Waals surface area contributed by atoms with Gasteiger partial charge in [-0.3, -0.25) is 15.1 Å². The zero-order valence-corrected chi connectivity index (χ0v) is 18.5. The first-order chi connectivity index (χ1) is 14.5. The van der Waals surface area contributed by atoms with Crippen molar-refractivity contribution < 1.29 is 10.0 Å². The second-order valence-corrected chi connectivity index (χ2v) is 11.6. The van der Waals surface area contributed by atoms with Crippen molar-refractivity contribution in [3.63, 3.8) is 0 Å². The van der Waals surface area contributed by atoms with Gasteiger partial charge in [0.2, 0.25) is 0 Å². The van der Waals surface area contributed by atoms with Gasteiger partial charge >= 0.3 is 0 Å². The molecule has 162 valence electrons. The molecule has 5 nitrogen and oxygen atoms in total. The van der Waals surface area contributed by atoms with Gasteiger partial charge in [-0.15, -0.1) is 0 Å². The number of benzene rings is 2. The molecule has 0 aromatic heterocycles. The molecule has 0 aliphatic heterocycles. The van der Waals surface area contributed by atoms with Gasteiger partial charge in [-0.2, -0.15) is 0 Å². The van der Waals surface area contributed by atoms with Crippen LogP contribution in [0.3, 0.4) is 0 Å². The molecule has 0 radical (unpaired) electrons. The minimum absolute atomic E-state index is 0.0549. The van der Waals surface area contributed by atoms with Gasteiger partial charge in [0.05, 0.1) is 4.92 Å². The molecule has 2 aromatic carbocycles. The lowest BCUT2D eigenvalue weighted by Crippen LogP contribution is -2.60. The summed E-state index contributed by atoms with van der Waals surface area (Å²) < 4.78 is 0. The summed E-state index contributed by atoms with van der Waals surface area (Å²) >= 11 is 0. The third kappa shape index (κ3) is 3.44. The average molecular weight is 419 g/mol. The van der Waals surface area contributed by atoms with Crippen LogP contribution in [0.1, 0.15) is 70.4 Å². The van der Waals surface area contributed by atoms with Crippen molar-refractivity contribution in [3.05, 3.63) is 63.7 Å². The summed E-state index contributed by atoms with van der Waals surface area (Å²) in [5.41, 5.74) is 3.99. The van der Waals surface area contributed by atoms with E-state index in [2.05, 4.69) is 37.9 Å². The normalized spacial score (nSPS) is 36.2. The van der Waals surface area contributed by atoms with E-state index in [9.17, 15) is 15.2 Å². The molecule has 0 amide bonds. The van der Waals surface area contributed by atoms with Crippen molar-refractivity contribution in [2.75, 3.05) is 0 Å². The Kier molecular flexibility index (Phi) is 4.18. The molecular formula is C26H30N2O3. The molecule has 5 heteroatoms. The highest BCUT2D eigenvalue weighted by Gasteiger charge is 2.64. The Balaban J connectivity index is 1.48. The lowest BCUT2D eigenvalue weighted by atomic mass is 9.35. The number of nitrogens with zero attached hydrogens (tertiary/aromatic N) is 2. The second-order valence-electron chi connectivity index (χ2n) is 11.6. The van der Waals surface area contributed by atoms with Crippen LogP contribution in [-0.4, -0.2) is 16.2 Å². The van der Waals surface area contributed by atoms with Crippen LogP contribution in [-0.2, 0) is 5.41 Å². The Labute approximate surface area is 183 Å². The van der Waals surface area contributed by atoms with Crippen LogP contribution in [0.15, 0.2) is 47.5 Å². The van der Waals surface area contributed by atoms with E-state index in [1.165, 1.54) is 56.2 Å². The first-order valence-corrected chi connectivity index (χ1v) is 11.1. The topological polar surface area (TPSA) is 75.7 Å². The maximum atomic E-state index is 10.8. The molecule has 4 fully saturated rings. The fourth-order valence-electron chi connectivity index (χ4n) is 8.38. The number of hydrogen-bond acceptors (Lipinski definition) is 4. The molecule has 0 atom stereocenters. The summed E-state index contributed by atoms with van der Waals surface area (Å²) in [4.78, 5) is 15.0. The molecule has 4 aliphatic carbocycles. The number of aromatic hydroxyl groups is 1. The Bertz CT molecular complexity index is 1030. The summed E-state index contributed by atoms with van der Waals surface area (Å²) in [6.45, 7) is 7.43. The minimum Gasteiger partial charge on any atom is -0.506 e. The van der Waals surface area contributed by atoms with E-state index in [0.717, 1.165) is 5.56 Å². The van der Waals surface area contributed by atoms with E-state index >= 15 is 0 Å². The van der Waals surface area contributed by atoms with E-state index in [4.69, 9.17) is 0 Å². The van der Waals surface area contributed by atoms with E-state index in [-0.39, 0.29) is 16.9 Å². The van der Waals surface area contributed by atoms with Gasteiger partial charge in [0.1, 0.15) is 11.4 Å². The molecule has 0 spiro atoms. The Morgan fingerprint density at radius 1 is 0.903 bits per heavy atom. The van der Waals surface area contributed by atoms with Crippen LogP contribution in [0.4, 0.5) is 11.4 Å². The number of phenolic OH excluding ortho intramolecular Hbond substituents is 1. The Morgan fingerprint density at radius 2 is 1.45 bits per heavy atom. The van der Waals surface area contributed by atoms with Crippen molar-refractivity contribution in [1.29, 1.82) is 0 Å². The zero-order valence-electron chi connectivity index (χ0n) is 18.5. The van der Waals surface area contributed by atoms with Gasteiger partial charge in [0.15, 0.2) is 0 Å². The standard InChI is InChI=1S/C26H30N2O3/c1-23-12-24(2)14-25(3,13-23)17-26(15-23,16-24)19-6-9-22(29)21(10-19)27-11-18-4-7-20(8-5-18)28(30)31/h4-11,29H,12-17H2,1-3H3. The van der Waals surface area contributed by atoms with Gasteiger partial charge in [-0.05, 0) is 95.6 Å². The molecular weight excluding hydrogens is 388 g/mol. The fraction of sp³-hybridized carbons (Fsp3) is 0.500. The third-order valence-corrected chi connectivity index (χ3v) is 7.90. The summed E-state index contributed by atoms with van der Waals surface area (Å²) in [7, 11) is 0. The predicted octanol–water partition coefficient (Wildman–Crippen LogP) is 6.69. The maximum Gasteiger partial charge on any atom is 0.269 e. The highest BCUT2D eigenvalue weighted by Crippen LogP contribution is 2.73. The number of rotatable bonds is 4. The van der Waals surface area contributed by atoms with Gasteiger partial charge < -0.3 is 5.11 Å². The van der Waals surface area contributed by atoms with Crippen molar-refractivity contribution in [2.24, 2.45) is 21.2 Å². The summed E-state index contributed by atoms with van der Waals surface area (Å²) in [5, 5.41) is 21.3. The molecule has 4 saturated carbocycles. The quantitative estimate of drug-likeness (QED) is 0.341. The van der Waals surface area contributed by atoms with Gasteiger partial charge in [0.25, 0.3) is 5.69 Å². The van der Waals surface area contributed by atoms with Gasteiger partial charge in [-0.25, -0.2) is 0 Å². The highest BCUT2D eigenvalue weighted by atomic mass is 16.6. The number of nitro benzene ring substituents is 1. The maximum absolute atomic E-state index is 10.8. The third-order valence-electron chi connectivity index (χ3n) is 7.90. The van der Waals surface area contributed by atoms with E-state index in [0.29, 0.717) is 21.9 Å². The highest BCUT2D eigenvalue weighted by molar-refractivity contribution is 5.83. The first kappa shape index (κ1) is 20.2. The van der Waals surface area contributed by atoms with Crippen LogP contribution < -0.4 is 0 Å². The fourth-order valence-corrected chi connectivity index (χ4v) is 8.38. The molecule has 31 heavy (non-hydrogen) atoms. The molecule has 6 rings (SSSR count). The van der Waals surface area contributed by atoms with Crippen LogP contribution in [0, 0.1) is 26.4 Å². The number of phenols is 1. The van der Waals surface area contributed by atoms with Crippen LogP contribution in [0.5, 0.6) is 5.75 Å². The van der Waals surface area contributed by atoms with Crippen molar-refractivity contribution in [2.45, 2.75) is 64.7 Å². The largest absolute Gasteiger partial charge is 0.506 e. The SMILES string of the molecule is CC12CC3(C)CC(C)(C1)CC(c1ccc(O)c(N=Cc4ccc([N+](=O)[O-])cc4)c1)(C2)C3. The molecule has 4 aliphatic rings. The van der Waals surface area contributed by atoms with Crippen molar-refractivity contribution >= 4 is 17.6 Å². The van der Waals surface area contributed by atoms with Crippen molar-refractivity contribution in [1.82, 2.24) is 0 Å². The summed E-state index contributed by atoms with van der Waals surface area (Å²) in [6, 6.07) is 12.2. The second kappa shape index (κ2) is 6.41. The number of non-ortho nitro benzene ring substituents is 1. The first-order valence-electron chi connectivity index (χ1n) is 11.1. The van der Waals surface area contributed by atoms with E-state index < -0.39 is 4.92 Å². The number of aliphatic imine (C=N–C) groups is 1. The van der Waals surface area contributed by atoms with Crippen LogP contribution in [0.25, 0.3) is 0 Å². The number of hydrogen-bond donors (Lipinski definition) is 1. The zero-order chi connectivity index (χ0) is 22.1. The lowest BCUT2D eigenvalue weighted by Gasteiger charge is -2.69. The monoisotopic (exact) mass is 418 g/mol. The van der Waals surface area contributed by atoms with Gasteiger partial charge in [0, 0.05) is 18.3 Å². The molecule has 0 saturated heterocycles. The molecule has 0 heterocycles. The molecule has 1 N–H and O–H groups in total. The smallest absolute Gasteiger partial charge is 0.269 e. The predicted molar refractivity (Wildman–Crippen MR) is 122 cm³/mol. The molecule has 4 bridgehead atoms. The Hall–Kier alpha value is -2.69. The Morgan fingerprint density at radius 3 is 1.97 bits per heavy atom. The molecule has 0 unspecified atom stereocenters. The van der Waals surface area contributed by atoms with E-state index in [1.807, 2.05) is 0 Å². The summed E-state index contributed by atoms with van der Waals surface area (Å²) in [5.74, 6) is 0.162. The van der Waals surface area contributed by atoms with Crippen molar-refractivity contribution in [3.8, 4) is 5.75 Å². The van der Waals surface area contributed by atoms with Gasteiger partial charge in [-0.1, -0.05) is 26.8 Å². The molecule has 2 aromatic rings. The minimum atomic E-state index is -0.414. The van der Waals surface area contributed by atoms with E-state index in [1.54, 1.807) is 24.4 Å². The van der Waals surface area contributed by atoms with Crippen LogP contribution >= 0.6 is 0 Å². The van der Waals surface area contributed by atoms with Crippen LogP contribution in [0.2, 0.25) is 0 Å². The summed E-state index contributed by atoms with van der Waals surface area (Å²) in [6.07, 6.45) is 9.25. The average Bonchev–Trinajstić information content (AvgIpc) is 2.63. The number of nitro groups is 1.